The van der Waals surface area contributed by atoms with Gasteiger partial charge >= 0.3 is 5.97 Å². The van der Waals surface area contributed by atoms with Gasteiger partial charge < -0.3 is 45.1 Å². The van der Waals surface area contributed by atoms with Crippen molar-refractivity contribution >= 4 is 5.97 Å². The molecule has 0 aliphatic carbocycles. The van der Waals surface area contributed by atoms with Gasteiger partial charge in [0.15, 0.2) is 23.0 Å². The number of esters is 1. The summed E-state index contributed by atoms with van der Waals surface area (Å²) < 4.78 is 28.6. The molecular formula is C21H20BrNO6. The fourth-order valence-corrected chi connectivity index (χ4v) is 4.90. The minimum absolute atomic E-state index is 0. The lowest BCUT2D eigenvalue weighted by Gasteiger charge is -2.44. The summed E-state index contributed by atoms with van der Waals surface area (Å²) >= 11 is 0. The van der Waals surface area contributed by atoms with E-state index in [0.29, 0.717) is 21.7 Å². The first-order valence-electron chi connectivity index (χ1n) is 9.42. The number of halogens is 1. The van der Waals surface area contributed by atoms with Crippen molar-refractivity contribution in [2.24, 2.45) is 0 Å². The van der Waals surface area contributed by atoms with E-state index in [4.69, 9.17) is 23.7 Å². The third-order valence-electron chi connectivity index (χ3n) is 6.30. The normalized spacial score (nSPS) is 24.4. The van der Waals surface area contributed by atoms with Crippen LogP contribution in [-0.2, 0) is 11.2 Å². The second-order valence-electron chi connectivity index (χ2n) is 8.22. The fourth-order valence-electron chi connectivity index (χ4n) is 4.90. The molecule has 8 heteroatoms. The summed E-state index contributed by atoms with van der Waals surface area (Å²) in [4.78, 5) is 13.1. The molecule has 0 saturated carbocycles. The van der Waals surface area contributed by atoms with Crippen LogP contribution in [0.4, 0.5) is 0 Å². The standard InChI is InChI=1S/C21H20NO6.BrH/c1-22(2)6-5-11-7-15-16(26-9-25-15)8-13(11)18(22)17-12-3-4-14-20(27-10-24-14)19(12)28-21(17)23;/h3-4,7-8,17-18H,5-6,9-10H2,1-2H3;1H/q+1;/p-1/t17-,18+;/m1./s1. The first-order valence-corrected chi connectivity index (χ1v) is 9.42. The third-order valence-corrected chi connectivity index (χ3v) is 6.30. The molecule has 6 rings (SSSR count). The van der Waals surface area contributed by atoms with Gasteiger partial charge in [-0.1, -0.05) is 6.07 Å². The van der Waals surface area contributed by atoms with Crippen LogP contribution in [0.5, 0.6) is 28.7 Å². The van der Waals surface area contributed by atoms with Crippen LogP contribution in [-0.4, -0.2) is 44.7 Å². The molecule has 0 fully saturated rings. The maximum Gasteiger partial charge on any atom is 0.325 e. The molecule has 0 saturated heterocycles. The van der Waals surface area contributed by atoms with E-state index >= 15 is 0 Å². The number of hydrogen-bond donors (Lipinski definition) is 0. The Labute approximate surface area is 178 Å². The quantitative estimate of drug-likeness (QED) is 0.325. The van der Waals surface area contributed by atoms with Gasteiger partial charge in [0.1, 0.15) is 12.0 Å². The number of nitrogens with zero attached hydrogens (tertiary/aromatic N) is 1. The lowest BCUT2D eigenvalue weighted by molar-refractivity contribution is -0.924. The van der Waals surface area contributed by atoms with Crippen LogP contribution in [0.15, 0.2) is 24.3 Å². The zero-order valence-corrected chi connectivity index (χ0v) is 17.7. The Bertz CT molecular complexity index is 1040. The van der Waals surface area contributed by atoms with Gasteiger partial charge in [-0.15, -0.1) is 0 Å². The number of hydrogen-bond acceptors (Lipinski definition) is 6. The van der Waals surface area contributed by atoms with Gasteiger partial charge in [-0.05, 0) is 23.8 Å². The van der Waals surface area contributed by atoms with Crippen LogP contribution in [0.25, 0.3) is 0 Å². The number of fused-ring (bicyclic) bond motifs is 5. The van der Waals surface area contributed by atoms with E-state index in [0.717, 1.165) is 35.6 Å². The number of rotatable bonds is 1. The van der Waals surface area contributed by atoms with E-state index in [1.54, 1.807) is 0 Å². The van der Waals surface area contributed by atoms with Gasteiger partial charge in [0.05, 0.1) is 20.6 Å². The molecule has 0 aromatic heterocycles. The van der Waals surface area contributed by atoms with E-state index in [1.807, 2.05) is 18.2 Å². The molecule has 2 aromatic rings. The van der Waals surface area contributed by atoms with Crippen molar-refractivity contribution in [1.29, 1.82) is 0 Å². The predicted octanol–water partition coefficient (Wildman–Crippen LogP) is -0.476. The molecule has 4 heterocycles. The monoisotopic (exact) mass is 461 g/mol. The predicted molar refractivity (Wildman–Crippen MR) is 96.9 cm³/mol. The van der Waals surface area contributed by atoms with Crippen molar-refractivity contribution in [3.05, 3.63) is 41.0 Å². The SMILES string of the molecule is C[N+]1(C)CCc2cc3c(cc2[C@H]1[C@@H]1C(=O)Oc2c1ccc1c2OCO1)OCO3.[Br-]. The van der Waals surface area contributed by atoms with Crippen LogP contribution in [0.1, 0.15) is 28.7 Å². The molecule has 4 aliphatic heterocycles. The van der Waals surface area contributed by atoms with Crippen LogP contribution in [0, 0.1) is 0 Å². The Balaban J connectivity index is 0.00000181. The topological polar surface area (TPSA) is 63.2 Å². The highest BCUT2D eigenvalue weighted by atomic mass is 79.9. The molecule has 29 heavy (non-hydrogen) atoms. The molecule has 0 N–H and O–H groups in total. The van der Waals surface area contributed by atoms with Crippen molar-refractivity contribution in [2.75, 3.05) is 34.2 Å². The molecule has 0 radical (unpaired) electrons. The summed E-state index contributed by atoms with van der Waals surface area (Å²) in [5, 5.41) is 0. The Morgan fingerprint density at radius 2 is 1.62 bits per heavy atom. The lowest BCUT2D eigenvalue weighted by Crippen LogP contribution is -3.00. The Morgan fingerprint density at radius 1 is 0.897 bits per heavy atom. The maximum absolute atomic E-state index is 13.1. The summed E-state index contributed by atoms with van der Waals surface area (Å²) in [5.74, 6) is 2.50. The van der Waals surface area contributed by atoms with Gasteiger partial charge in [0, 0.05) is 17.5 Å². The minimum atomic E-state index is -0.418. The van der Waals surface area contributed by atoms with Gasteiger partial charge in [-0.2, -0.15) is 0 Å². The van der Waals surface area contributed by atoms with Gasteiger partial charge in [0.25, 0.3) is 0 Å². The largest absolute Gasteiger partial charge is 1.00 e. The van der Waals surface area contributed by atoms with E-state index < -0.39 is 5.92 Å². The average Bonchev–Trinajstić information content (AvgIpc) is 3.37. The van der Waals surface area contributed by atoms with E-state index in [2.05, 4.69) is 20.2 Å². The van der Waals surface area contributed by atoms with Crippen molar-refractivity contribution in [3.63, 3.8) is 0 Å². The van der Waals surface area contributed by atoms with E-state index in [1.165, 1.54) is 5.56 Å². The van der Waals surface area contributed by atoms with Crippen molar-refractivity contribution < 1.29 is 49.9 Å². The summed E-state index contributed by atoms with van der Waals surface area (Å²) in [5.41, 5.74) is 3.18. The highest BCUT2D eigenvalue weighted by molar-refractivity contribution is 5.89. The Hall–Kier alpha value is -2.45. The van der Waals surface area contributed by atoms with Gasteiger partial charge in [-0.25, -0.2) is 0 Å². The van der Waals surface area contributed by atoms with E-state index in [-0.39, 0.29) is 42.6 Å². The summed E-state index contributed by atoms with van der Waals surface area (Å²) in [6, 6.07) is 7.80. The summed E-state index contributed by atoms with van der Waals surface area (Å²) in [6.07, 6.45) is 0.922. The zero-order chi connectivity index (χ0) is 19.0. The van der Waals surface area contributed by atoms with Crippen molar-refractivity contribution in [1.82, 2.24) is 0 Å². The van der Waals surface area contributed by atoms with Gasteiger partial charge in [-0.3, -0.25) is 4.79 Å². The van der Waals surface area contributed by atoms with Crippen LogP contribution >= 0.6 is 0 Å². The number of ether oxygens (including phenoxy) is 5. The number of quaternary nitrogens is 1. The second-order valence-corrected chi connectivity index (χ2v) is 8.22. The summed E-state index contributed by atoms with van der Waals surface area (Å²) in [6.45, 7) is 1.30. The molecular weight excluding hydrogens is 442 g/mol. The number of carbonyl (C=O) groups is 1. The smallest absolute Gasteiger partial charge is 0.325 e. The Morgan fingerprint density at radius 3 is 2.45 bits per heavy atom. The molecule has 0 bridgehead atoms. The summed E-state index contributed by atoms with van der Waals surface area (Å²) in [7, 11) is 4.33. The Kier molecular flexibility index (Phi) is 4.02. The fraction of sp³-hybridized carbons (Fsp3) is 0.381. The number of carbonyl (C=O) groups excluding carboxylic acids is 1. The molecule has 2 aromatic carbocycles. The third kappa shape index (κ3) is 2.55. The first-order chi connectivity index (χ1) is 13.5. The van der Waals surface area contributed by atoms with Crippen molar-refractivity contribution in [2.45, 2.75) is 18.4 Å². The second kappa shape index (κ2) is 6.27. The lowest BCUT2D eigenvalue weighted by atomic mass is 9.80. The number of likely N-dealkylation sites (N-methyl/N-ethyl adjacent to an activating group) is 1. The first kappa shape index (κ1) is 18.6. The number of benzene rings is 2. The highest BCUT2D eigenvalue weighted by Gasteiger charge is 2.51. The minimum Gasteiger partial charge on any atom is -1.00 e. The molecule has 0 spiro atoms. The molecule has 7 nitrogen and oxygen atoms in total. The van der Waals surface area contributed by atoms with Crippen LogP contribution in [0.2, 0.25) is 0 Å². The zero-order valence-electron chi connectivity index (χ0n) is 16.1. The van der Waals surface area contributed by atoms with Crippen LogP contribution < -0.4 is 40.7 Å². The highest BCUT2D eigenvalue weighted by Crippen LogP contribution is 2.55. The van der Waals surface area contributed by atoms with Crippen LogP contribution in [0.3, 0.4) is 0 Å². The van der Waals surface area contributed by atoms with Crippen molar-refractivity contribution in [3.8, 4) is 28.7 Å². The molecule has 4 aliphatic rings. The molecule has 0 unspecified atom stereocenters. The van der Waals surface area contributed by atoms with Gasteiger partial charge in [0.2, 0.25) is 19.3 Å². The van der Waals surface area contributed by atoms with E-state index in [9.17, 15) is 4.79 Å². The maximum atomic E-state index is 13.1. The molecule has 2 atom stereocenters. The molecule has 152 valence electrons. The average molecular weight is 462 g/mol. The molecule has 0 amide bonds.